The third kappa shape index (κ3) is 6.07. The lowest BCUT2D eigenvalue weighted by Crippen LogP contribution is -2.47. The smallest absolute Gasteiger partial charge is 0.307 e. The Kier molecular flexibility index (Phi) is 7.54. The normalized spacial score (nSPS) is 19.0. The highest BCUT2D eigenvalue weighted by Crippen LogP contribution is 2.30. The van der Waals surface area contributed by atoms with Crippen LogP contribution in [0.3, 0.4) is 0 Å². The molecular weight excluding hydrogens is 362 g/mol. The number of carbonyl (C=O) groups excluding carboxylic acids is 3. The number of nitrogens with one attached hydrogen (secondary N) is 3. The Balaban J connectivity index is 1.88. The highest BCUT2D eigenvalue weighted by atomic mass is 16.4. The van der Waals surface area contributed by atoms with Gasteiger partial charge in [0.25, 0.3) is 5.91 Å². The summed E-state index contributed by atoms with van der Waals surface area (Å²) in [6.45, 7) is 3.90. The van der Waals surface area contributed by atoms with Gasteiger partial charge in [-0.15, -0.1) is 0 Å². The van der Waals surface area contributed by atoms with Crippen LogP contribution in [0.5, 0.6) is 0 Å². The molecule has 1 aliphatic carbocycles. The van der Waals surface area contributed by atoms with Gasteiger partial charge in [-0.25, -0.2) is 0 Å². The van der Waals surface area contributed by atoms with Crippen molar-refractivity contribution in [3.05, 3.63) is 29.8 Å². The molecule has 8 heteroatoms. The van der Waals surface area contributed by atoms with Gasteiger partial charge in [-0.2, -0.15) is 0 Å². The third-order valence-electron chi connectivity index (χ3n) is 4.74. The van der Waals surface area contributed by atoms with Crippen LogP contribution in [0.25, 0.3) is 0 Å². The van der Waals surface area contributed by atoms with Crippen molar-refractivity contribution < 1.29 is 24.3 Å². The lowest BCUT2D eigenvalue weighted by atomic mass is 9.79. The number of carboxylic acid groups (broad SMARTS) is 1. The van der Waals surface area contributed by atoms with Crippen LogP contribution in [-0.4, -0.2) is 28.8 Å². The Hall–Kier alpha value is -2.90. The van der Waals surface area contributed by atoms with Crippen LogP contribution >= 0.6 is 0 Å². The van der Waals surface area contributed by atoms with Gasteiger partial charge in [0.1, 0.15) is 0 Å². The van der Waals surface area contributed by atoms with Crippen molar-refractivity contribution in [3.63, 3.8) is 0 Å². The number of carbonyl (C=O) groups is 4. The summed E-state index contributed by atoms with van der Waals surface area (Å²) in [5.74, 6) is -3.21. The minimum Gasteiger partial charge on any atom is -0.481 e. The number of hydrazine groups is 1. The second-order valence-corrected chi connectivity index (χ2v) is 7.50. The molecule has 28 heavy (non-hydrogen) atoms. The molecule has 2 unspecified atom stereocenters. The molecule has 8 nitrogen and oxygen atoms in total. The van der Waals surface area contributed by atoms with Crippen molar-refractivity contribution in [2.45, 2.75) is 46.0 Å². The quantitative estimate of drug-likeness (QED) is 0.556. The van der Waals surface area contributed by atoms with Gasteiger partial charge in [0, 0.05) is 17.7 Å². The first-order chi connectivity index (χ1) is 13.3. The van der Waals surface area contributed by atoms with Crippen molar-refractivity contribution >= 4 is 29.4 Å². The molecular formula is C20H27N3O5. The van der Waals surface area contributed by atoms with Crippen LogP contribution in [0.2, 0.25) is 0 Å². The molecule has 3 amide bonds. The van der Waals surface area contributed by atoms with Crippen LogP contribution in [0, 0.1) is 17.8 Å². The minimum absolute atomic E-state index is 0.0973. The SMILES string of the molecule is CC(C)CC(=O)Nc1ccc(C(=O)NNC(=O)C2CCCCC2C(=O)O)cc1. The van der Waals surface area contributed by atoms with Gasteiger partial charge in [-0.05, 0) is 43.0 Å². The van der Waals surface area contributed by atoms with Crippen molar-refractivity contribution in [3.8, 4) is 0 Å². The maximum atomic E-state index is 12.3. The average molecular weight is 389 g/mol. The molecule has 2 rings (SSSR count). The van der Waals surface area contributed by atoms with E-state index in [2.05, 4.69) is 16.2 Å². The van der Waals surface area contributed by atoms with E-state index in [9.17, 15) is 24.3 Å². The molecule has 2 atom stereocenters. The third-order valence-corrected chi connectivity index (χ3v) is 4.74. The molecule has 1 aliphatic rings. The van der Waals surface area contributed by atoms with Gasteiger partial charge in [0.05, 0.1) is 11.8 Å². The maximum absolute atomic E-state index is 12.3. The van der Waals surface area contributed by atoms with Crippen LogP contribution < -0.4 is 16.2 Å². The van der Waals surface area contributed by atoms with Crippen LogP contribution in [0.1, 0.15) is 56.3 Å². The summed E-state index contributed by atoms with van der Waals surface area (Å²) in [4.78, 5) is 47.5. The van der Waals surface area contributed by atoms with E-state index >= 15 is 0 Å². The van der Waals surface area contributed by atoms with Crippen LogP contribution in [-0.2, 0) is 14.4 Å². The van der Waals surface area contributed by atoms with Crippen molar-refractivity contribution in [1.29, 1.82) is 0 Å². The largest absolute Gasteiger partial charge is 0.481 e. The zero-order valence-corrected chi connectivity index (χ0v) is 16.2. The summed E-state index contributed by atoms with van der Waals surface area (Å²) < 4.78 is 0. The zero-order valence-electron chi connectivity index (χ0n) is 16.2. The number of hydrogen-bond acceptors (Lipinski definition) is 4. The Morgan fingerprint density at radius 2 is 1.61 bits per heavy atom. The predicted octanol–water partition coefficient (Wildman–Crippen LogP) is 2.32. The zero-order chi connectivity index (χ0) is 20.7. The molecule has 0 spiro atoms. The molecule has 0 radical (unpaired) electrons. The van der Waals surface area contributed by atoms with Crippen LogP contribution in [0.15, 0.2) is 24.3 Å². The Bertz CT molecular complexity index is 730. The molecule has 0 aromatic heterocycles. The number of benzene rings is 1. The number of carboxylic acids is 1. The number of hydrogen-bond donors (Lipinski definition) is 4. The molecule has 0 aliphatic heterocycles. The Labute approximate surface area is 164 Å². The van der Waals surface area contributed by atoms with Gasteiger partial charge in [-0.1, -0.05) is 26.7 Å². The highest BCUT2D eigenvalue weighted by Gasteiger charge is 2.35. The maximum Gasteiger partial charge on any atom is 0.307 e. The van der Waals surface area contributed by atoms with Gasteiger partial charge in [0.15, 0.2) is 0 Å². The fourth-order valence-electron chi connectivity index (χ4n) is 3.31. The minimum atomic E-state index is -0.985. The fraction of sp³-hybridized carbons (Fsp3) is 0.500. The van der Waals surface area contributed by atoms with Gasteiger partial charge >= 0.3 is 5.97 Å². The monoisotopic (exact) mass is 389 g/mol. The Morgan fingerprint density at radius 1 is 1.00 bits per heavy atom. The molecule has 0 saturated heterocycles. The van der Waals surface area contributed by atoms with Crippen molar-refractivity contribution in [1.82, 2.24) is 10.9 Å². The number of aliphatic carboxylic acids is 1. The summed E-state index contributed by atoms with van der Waals surface area (Å²) in [5.41, 5.74) is 5.54. The topological polar surface area (TPSA) is 125 Å². The first-order valence-electron chi connectivity index (χ1n) is 9.51. The number of rotatable bonds is 6. The van der Waals surface area contributed by atoms with Crippen molar-refractivity contribution in [2.75, 3.05) is 5.32 Å². The first kappa shape index (κ1) is 21.4. The standard InChI is InChI=1S/C20H27N3O5/c1-12(2)11-17(24)21-14-9-7-13(8-10-14)18(25)22-23-19(26)15-5-3-4-6-16(15)20(27)28/h7-10,12,15-16H,3-6,11H2,1-2H3,(H,21,24)(H,22,25)(H,23,26)(H,27,28). The Morgan fingerprint density at radius 3 is 2.18 bits per heavy atom. The number of amides is 3. The lowest BCUT2D eigenvalue weighted by molar-refractivity contribution is -0.149. The lowest BCUT2D eigenvalue weighted by Gasteiger charge is -2.27. The van der Waals surface area contributed by atoms with E-state index in [1.165, 1.54) is 12.1 Å². The molecule has 1 fully saturated rings. The van der Waals surface area contributed by atoms with E-state index in [-0.39, 0.29) is 11.8 Å². The summed E-state index contributed by atoms with van der Waals surface area (Å²) >= 11 is 0. The predicted molar refractivity (Wildman–Crippen MR) is 103 cm³/mol. The first-order valence-corrected chi connectivity index (χ1v) is 9.51. The fourth-order valence-corrected chi connectivity index (χ4v) is 3.31. The van der Waals surface area contributed by atoms with Gasteiger partial charge < -0.3 is 10.4 Å². The van der Waals surface area contributed by atoms with Gasteiger partial charge in [-0.3, -0.25) is 30.0 Å². The molecule has 0 heterocycles. The van der Waals surface area contributed by atoms with E-state index < -0.39 is 29.6 Å². The molecule has 1 aromatic carbocycles. The van der Waals surface area contributed by atoms with Crippen molar-refractivity contribution in [2.24, 2.45) is 17.8 Å². The average Bonchev–Trinajstić information content (AvgIpc) is 2.65. The molecule has 0 bridgehead atoms. The second-order valence-electron chi connectivity index (χ2n) is 7.50. The van der Waals surface area contributed by atoms with Gasteiger partial charge in [0.2, 0.25) is 11.8 Å². The summed E-state index contributed by atoms with van der Waals surface area (Å²) in [7, 11) is 0. The van der Waals surface area contributed by atoms with E-state index in [0.717, 1.165) is 12.8 Å². The highest BCUT2D eigenvalue weighted by molar-refractivity contribution is 5.97. The van der Waals surface area contributed by atoms with E-state index in [0.29, 0.717) is 30.5 Å². The van der Waals surface area contributed by atoms with E-state index in [4.69, 9.17) is 0 Å². The summed E-state index contributed by atoms with van der Waals surface area (Å²) in [6, 6.07) is 6.29. The van der Waals surface area contributed by atoms with E-state index in [1.807, 2.05) is 13.8 Å². The summed E-state index contributed by atoms with van der Waals surface area (Å²) in [5, 5.41) is 12.0. The second kappa shape index (κ2) is 9.87. The molecule has 1 saturated carbocycles. The molecule has 152 valence electrons. The number of anilines is 1. The molecule has 4 N–H and O–H groups in total. The summed E-state index contributed by atoms with van der Waals surface area (Å²) in [6.07, 6.45) is 2.94. The molecule has 1 aromatic rings. The van der Waals surface area contributed by atoms with E-state index in [1.54, 1.807) is 12.1 Å². The van der Waals surface area contributed by atoms with Crippen LogP contribution in [0.4, 0.5) is 5.69 Å².